The van der Waals surface area contributed by atoms with Crippen LogP contribution in [-0.2, 0) is 0 Å². The van der Waals surface area contributed by atoms with Crippen LogP contribution in [0.3, 0.4) is 0 Å². The molecule has 0 aromatic heterocycles. The zero-order valence-electron chi connectivity index (χ0n) is 18.3. The third-order valence-corrected chi connectivity index (χ3v) is 5.19. The van der Waals surface area contributed by atoms with E-state index in [4.69, 9.17) is 21.1 Å². The minimum atomic E-state index is -0.526. The van der Waals surface area contributed by atoms with Crippen molar-refractivity contribution < 1.29 is 19.1 Å². The zero-order chi connectivity index (χ0) is 23.9. The number of halogens is 1. The van der Waals surface area contributed by atoms with E-state index in [1.54, 1.807) is 48.5 Å². The van der Waals surface area contributed by atoms with E-state index in [0.29, 0.717) is 34.1 Å². The van der Waals surface area contributed by atoms with E-state index >= 15 is 0 Å². The molecule has 0 unspecified atom stereocenters. The maximum Gasteiger partial charge on any atom is 0.343 e. The Bertz CT molecular complexity index is 1370. The smallest absolute Gasteiger partial charge is 0.343 e. The summed E-state index contributed by atoms with van der Waals surface area (Å²) in [4.78, 5) is 24.9. The highest BCUT2D eigenvalue weighted by Crippen LogP contribution is 2.29. The molecule has 1 N–H and O–H groups in total. The van der Waals surface area contributed by atoms with E-state index in [9.17, 15) is 9.59 Å². The highest BCUT2D eigenvalue weighted by atomic mass is 35.5. The lowest BCUT2D eigenvalue weighted by molar-refractivity contribution is 0.0728. The van der Waals surface area contributed by atoms with Gasteiger partial charge in [-0.25, -0.2) is 10.2 Å². The van der Waals surface area contributed by atoms with E-state index in [1.165, 1.54) is 6.21 Å². The number of benzene rings is 4. The number of hydrogen-bond acceptors (Lipinski definition) is 5. The van der Waals surface area contributed by atoms with Crippen molar-refractivity contribution in [3.05, 3.63) is 107 Å². The Labute approximate surface area is 201 Å². The van der Waals surface area contributed by atoms with Gasteiger partial charge in [0.05, 0.1) is 18.4 Å². The van der Waals surface area contributed by atoms with Gasteiger partial charge in [0.15, 0.2) is 11.5 Å². The third-order valence-electron chi connectivity index (χ3n) is 4.94. The Balaban J connectivity index is 1.45. The number of amides is 1. The molecule has 0 heterocycles. The molecule has 6 nitrogen and oxygen atoms in total. The third kappa shape index (κ3) is 5.60. The molecule has 4 rings (SSSR count). The van der Waals surface area contributed by atoms with Crippen LogP contribution in [0.5, 0.6) is 11.5 Å². The highest BCUT2D eigenvalue weighted by molar-refractivity contribution is 6.30. The van der Waals surface area contributed by atoms with Crippen molar-refractivity contribution >= 4 is 40.5 Å². The average molecular weight is 473 g/mol. The largest absolute Gasteiger partial charge is 0.490 e. The Hall–Kier alpha value is -4.16. The molecule has 34 heavy (non-hydrogen) atoms. The molecule has 0 fully saturated rings. The van der Waals surface area contributed by atoms with Gasteiger partial charge in [-0.05, 0) is 77.9 Å². The molecule has 4 aromatic rings. The molecule has 170 valence electrons. The molecule has 0 aliphatic rings. The first kappa shape index (κ1) is 23.0. The van der Waals surface area contributed by atoms with Crippen LogP contribution in [0.1, 0.15) is 33.2 Å². The fraction of sp³-hybridized carbons (Fsp3) is 0.0741. The first-order valence-corrected chi connectivity index (χ1v) is 11.0. The summed E-state index contributed by atoms with van der Waals surface area (Å²) in [5, 5.41) is 6.61. The number of hydrazone groups is 1. The van der Waals surface area contributed by atoms with Gasteiger partial charge in [0.25, 0.3) is 5.91 Å². The summed E-state index contributed by atoms with van der Waals surface area (Å²) in [5.74, 6) is -0.184. The van der Waals surface area contributed by atoms with Crippen LogP contribution in [0.15, 0.2) is 90.0 Å². The second-order valence-corrected chi connectivity index (χ2v) is 7.73. The van der Waals surface area contributed by atoms with Gasteiger partial charge in [0.1, 0.15) is 0 Å². The second kappa shape index (κ2) is 10.6. The standard InChI is InChI=1S/C27H21ClN2O4/c1-2-33-25-15-18(7-14-24(25)34-27(32)20-10-12-23(28)13-11-20)17-29-30-26(31)22-9-8-19-5-3-4-6-21(19)16-22/h3-17H,2H2,1H3,(H,30,31)/b29-17-. The predicted molar refractivity (Wildman–Crippen MR) is 133 cm³/mol. The fourth-order valence-corrected chi connectivity index (χ4v) is 3.39. The normalized spacial score (nSPS) is 10.9. The molecule has 0 atom stereocenters. The first-order valence-electron chi connectivity index (χ1n) is 10.6. The molecule has 0 saturated carbocycles. The molecule has 0 spiro atoms. The van der Waals surface area contributed by atoms with Gasteiger partial charge in [0, 0.05) is 10.6 Å². The maximum atomic E-state index is 12.5. The van der Waals surface area contributed by atoms with Crippen molar-refractivity contribution in [2.75, 3.05) is 6.61 Å². The van der Waals surface area contributed by atoms with E-state index in [2.05, 4.69) is 10.5 Å². The summed E-state index contributed by atoms with van der Waals surface area (Å²) >= 11 is 5.87. The van der Waals surface area contributed by atoms with Crippen molar-refractivity contribution in [2.24, 2.45) is 5.10 Å². The number of carbonyl (C=O) groups is 2. The number of fused-ring (bicyclic) bond motifs is 1. The summed E-state index contributed by atoms with van der Waals surface area (Å²) in [6, 6.07) is 24.7. The SMILES string of the molecule is CCOc1cc(/C=N\NC(=O)c2ccc3ccccc3c2)ccc1OC(=O)c1ccc(Cl)cc1. The minimum Gasteiger partial charge on any atom is -0.490 e. The van der Waals surface area contributed by atoms with Crippen molar-refractivity contribution in [1.29, 1.82) is 0 Å². The van der Waals surface area contributed by atoms with Crippen LogP contribution in [0.25, 0.3) is 10.8 Å². The predicted octanol–water partition coefficient (Wildman–Crippen LogP) is 5.88. The van der Waals surface area contributed by atoms with Gasteiger partial charge < -0.3 is 9.47 Å². The zero-order valence-corrected chi connectivity index (χ0v) is 19.1. The number of hydrogen-bond donors (Lipinski definition) is 1. The minimum absolute atomic E-state index is 0.277. The molecular formula is C27H21ClN2O4. The number of nitrogens with one attached hydrogen (secondary N) is 1. The number of ether oxygens (including phenoxy) is 2. The number of nitrogens with zero attached hydrogens (tertiary/aromatic N) is 1. The Morgan fingerprint density at radius 2 is 1.62 bits per heavy atom. The van der Waals surface area contributed by atoms with E-state index < -0.39 is 5.97 Å². The molecule has 0 radical (unpaired) electrons. The van der Waals surface area contributed by atoms with Gasteiger partial charge >= 0.3 is 5.97 Å². The molecule has 1 amide bonds. The molecule has 0 bridgehead atoms. The van der Waals surface area contributed by atoms with E-state index in [0.717, 1.165) is 10.8 Å². The molecule has 0 saturated heterocycles. The number of carbonyl (C=O) groups excluding carboxylic acids is 2. The summed E-state index contributed by atoms with van der Waals surface area (Å²) in [7, 11) is 0. The molecule has 0 aliphatic heterocycles. The van der Waals surface area contributed by atoms with Gasteiger partial charge in [-0.3, -0.25) is 4.79 Å². The van der Waals surface area contributed by atoms with Crippen LogP contribution in [0.2, 0.25) is 5.02 Å². The van der Waals surface area contributed by atoms with Gasteiger partial charge in [-0.1, -0.05) is 41.9 Å². The van der Waals surface area contributed by atoms with Crippen molar-refractivity contribution in [2.45, 2.75) is 6.92 Å². The second-order valence-electron chi connectivity index (χ2n) is 7.30. The number of rotatable bonds is 7. The lowest BCUT2D eigenvalue weighted by Crippen LogP contribution is -2.17. The van der Waals surface area contributed by atoms with Gasteiger partial charge in [0.2, 0.25) is 0 Å². The maximum absolute atomic E-state index is 12.5. The summed E-state index contributed by atoms with van der Waals surface area (Å²) < 4.78 is 11.1. The topological polar surface area (TPSA) is 77.0 Å². The van der Waals surface area contributed by atoms with Crippen LogP contribution >= 0.6 is 11.6 Å². The Kier molecular flexibility index (Phi) is 7.20. The van der Waals surface area contributed by atoms with Crippen LogP contribution in [0, 0.1) is 0 Å². The highest BCUT2D eigenvalue weighted by Gasteiger charge is 2.13. The quantitative estimate of drug-likeness (QED) is 0.158. The lowest BCUT2D eigenvalue weighted by Gasteiger charge is -2.11. The van der Waals surface area contributed by atoms with Crippen molar-refractivity contribution in [1.82, 2.24) is 5.43 Å². The Morgan fingerprint density at radius 1 is 0.882 bits per heavy atom. The van der Waals surface area contributed by atoms with Crippen LogP contribution < -0.4 is 14.9 Å². The van der Waals surface area contributed by atoms with Gasteiger partial charge in [-0.2, -0.15) is 5.10 Å². The Morgan fingerprint density at radius 3 is 2.38 bits per heavy atom. The monoisotopic (exact) mass is 472 g/mol. The first-order chi connectivity index (χ1) is 16.5. The molecular weight excluding hydrogens is 452 g/mol. The van der Waals surface area contributed by atoms with Crippen LogP contribution in [-0.4, -0.2) is 24.7 Å². The molecule has 4 aromatic carbocycles. The summed E-state index contributed by atoms with van der Waals surface area (Å²) in [5.41, 5.74) is 4.07. The summed E-state index contributed by atoms with van der Waals surface area (Å²) in [6.07, 6.45) is 1.49. The van der Waals surface area contributed by atoms with Crippen LogP contribution in [0.4, 0.5) is 0 Å². The van der Waals surface area contributed by atoms with Crippen molar-refractivity contribution in [3.8, 4) is 11.5 Å². The lowest BCUT2D eigenvalue weighted by atomic mass is 10.1. The molecule has 0 aliphatic carbocycles. The van der Waals surface area contributed by atoms with Gasteiger partial charge in [-0.15, -0.1) is 0 Å². The number of esters is 1. The van der Waals surface area contributed by atoms with Crippen molar-refractivity contribution in [3.63, 3.8) is 0 Å². The average Bonchev–Trinajstić information content (AvgIpc) is 2.85. The fourth-order valence-electron chi connectivity index (χ4n) is 3.26. The van der Waals surface area contributed by atoms with E-state index in [-0.39, 0.29) is 11.7 Å². The molecule has 7 heteroatoms. The van der Waals surface area contributed by atoms with E-state index in [1.807, 2.05) is 43.3 Å². The summed E-state index contributed by atoms with van der Waals surface area (Å²) in [6.45, 7) is 2.21.